The first kappa shape index (κ1) is 18.6. The number of hydrogen-bond acceptors (Lipinski definition) is 4. The number of nitrogens with zero attached hydrogens (tertiary/aromatic N) is 1. The van der Waals surface area contributed by atoms with Gasteiger partial charge in [-0.3, -0.25) is 9.10 Å². The molecule has 0 spiro atoms. The molecule has 2 rings (SSSR count). The van der Waals surface area contributed by atoms with Gasteiger partial charge in [-0.2, -0.15) is 0 Å². The van der Waals surface area contributed by atoms with Crippen LogP contribution in [0, 0.1) is 0 Å². The fourth-order valence-corrected chi connectivity index (χ4v) is 3.80. The molecule has 2 aromatic carbocycles. The number of carbonyl (C=O) groups is 1. The summed E-state index contributed by atoms with van der Waals surface area (Å²) >= 11 is 11.8. The van der Waals surface area contributed by atoms with Crippen LogP contribution >= 0.6 is 23.2 Å². The molecule has 0 aromatic heterocycles. The zero-order chi connectivity index (χ0) is 17.7. The molecule has 0 N–H and O–H groups in total. The van der Waals surface area contributed by atoms with Gasteiger partial charge in [0.05, 0.1) is 27.2 Å². The summed E-state index contributed by atoms with van der Waals surface area (Å²) in [5.74, 6) is -0.648. The van der Waals surface area contributed by atoms with Crippen molar-refractivity contribution >= 4 is 44.9 Å². The smallest absolute Gasteiger partial charge is 0.326 e. The van der Waals surface area contributed by atoms with Crippen molar-refractivity contribution in [2.45, 2.75) is 11.8 Å². The Bertz CT molecular complexity index is 825. The lowest BCUT2D eigenvalue weighted by Crippen LogP contribution is -2.36. The second kappa shape index (κ2) is 7.88. The standard InChI is InChI=1S/C16H15Cl2NO4S/c1-2-23-16(20)11-19(12-6-4-3-5-7-12)24(21,22)13-8-9-14(17)15(18)10-13/h3-10H,2,11H2,1H3. The van der Waals surface area contributed by atoms with E-state index >= 15 is 0 Å². The van der Waals surface area contributed by atoms with E-state index in [1.807, 2.05) is 0 Å². The van der Waals surface area contributed by atoms with Crippen LogP contribution < -0.4 is 4.31 Å². The summed E-state index contributed by atoms with van der Waals surface area (Å²) in [5, 5.41) is 0.356. The topological polar surface area (TPSA) is 63.7 Å². The summed E-state index contributed by atoms with van der Waals surface area (Å²) in [4.78, 5) is 11.8. The van der Waals surface area contributed by atoms with Gasteiger partial charge in [0.25, 0.3) is 10.0 Å². The Hall–Kier alpha value is -1.76. The summed E-state index contributed by atoms with van der Waals surface area (Å²) < 4.78 is 31.8. The number of esters is 1. The van der Waals surface area contributed by atoms with Crippen LogP contribution in [0.2, 0.25) is 10.0 Å². The molecular weight excluding hydrogens is 373 g/mol. The van der Waals surface area contributed by atoms with Crippen molar-refractivity contribution < 1.29 is 17.9 Å². The summed E-state index contributed by atoms with van der Waals surface area (Å²) in [6, 6.07) is 12.3. The van der Waals surface area contributed by atoms with Crippen molar-refractivity contribution in [1.29, 1.82) is 0 Å². The molecule has 0 aliphatic heterocycles. The second-order valence-corrected chi connectivity index (χ2v) is 7.40. The van der Waals surface area contributed by atoms with E-state index < -0.39 is 22.5 Å². The van der Waals surface area contributed by atoms with E-state index in [-0.39, 0.29) is 21.5 Å². The van der Waals surface area contributed by atoms with Gasteiger partial charge in [0, 0.05) is 0 Å². The summed E-state index contributed by atoms with van der Waals surface area (Å²) in [6.07, 6.45) is 0. The molecule has 0 unspecified atom stereocenters. The van der Waals surface area contributed by atoms with Crippen molar-refractivity contribution in [3.63, 3.8) is 0 Å². The highest BCUT2D eigenvalue weighted by atomic mass is 35.5. The Labute approximate surface area is 150 Å². The predicted molar refractivity (Wildman–Crippen MR) is 94.1 cm³/mol. The van der Waals surface area contributed by atoms with E-state index in [9.17, 15) is 13.2 Å². The van der Waals surface area contributed by atoms with Gasteiger partial charge in [-0.1, -0.05) is 41.4 Å². The number of rotatable bonds is 6. The number of anilines is 1. The van der Waals surface area contributed by atoms with Crippen LogP contribution in [0.1, 0.15) is 6.92 Å². The van der Waals surface area contributed by atoms with Crippen LogP contribution in [0.5, 0.6) is 0 Å². The van der Waals surface area contributed by atoms with E-state index in [4.69, 9.17) is 27.9 Å². The number of benzene rings is 2. The van der Waals surface area contributed by atoms with Gasteiger partial charge in [-0.15, -0.1) is 0 Å². The Morgan fingerprint density at radius 3 is 2.33 bits per heavy atom. The molecule has 0 aliphatic carbocycles. The highest BCUT2D eigenvalue weighted by Crippen LogP contribution is 2.28. The fourth-order valence-electron chi connectivity index (χ4n) is 2.00. The van der Waals surface area contributed by atoms with Crippen LogP contribution in [0.3, 0.4) is 0 Å². The number of ether oxygens (including phenoxy) is 1. The molecule has 0 amide bonds. The molecule has 0 aliphatic rings. The molecule has 0 atom stereocenters. The molecule has 8 heteroatoms. The molecule has 0 radical (unpaired) electrons. The normalized spacial score (nSPS) is 11.1. The summed E-state index contributed by atoms with van der Waals surface area (Å²) in [5.41, 5.74) is 0.344. The number of halogens is 2. The molecule has 2 aromatic rings. The minimum absolute atomic E-state index is 0.0648. The highest BCUT2D eigenvalue weighted by Gasteiger charge is 2.28. The Kier molecular flexibility index (Phi) is 6.10. The first-order chi connectivity index (χ1) is 11.4. The molecule has 0 saturated heterocycles. The maximum absolute atomic E-state index is 13.0. The van der Waals surface area contributed by atoms with Crippen molar-refractivity contribution in [3.8, 4) is 0 Å². The van der Waals surface area contributed by atoms with E-state index in [1.165, 1.54) is 18.2 Å². The average molecular weight is 388 g/mol. The lowest BCUT2D eigenvalue weighted by Gasteiger charge is -2.23. The fraction of sp³-hybridized carbons (Fsp3) is 0.188. The minimum Gasteiger partial charge on any atom is -0.465 e. The Morgan fingerprint density at radius 1 is 1.08 bits per heavy atom. The van der Waals surface area contributed by atoms with E-state index in [2.05, 4.69) is 0 Å². The van der Waals surface area contributed by atoms with Gasteiger partial charge >= 0.3 is 5.97 Å². The van der Waals surface area contributed by atoms with Crippen molar-refractivity contribution in [2.24, 2.45) is 0 Å². The second-order valence-electron chi connectivity index (χ2n) is 4.73. The van der Waals surface area contributed by atoms with E-state index in [1.54, 1.807) is 37.3 Å². The number of sulfonamides is 1. The molecule has 0 fully saturated rings. The third-order valence-corrected chi connectivity index (χ3v) is 5.61. The minimum atomic E-state index is -4.02. The summed E-state index contributed by atoms with van der Waals surface area (Å²) in [7, 11) is -4.02. The maximum atomic E-state index is 13.0. The SMILES string of the molecule is CCOC(=O)CN(c1ccccc1)S(=O)(=O)c1ccc(Cl)c(Cl)c1. The molecule has 128 valence electrons. The van der Waals surface area contributed by atoms with Crippen LogP contribution in [0.25, 0.3) is 0 Å². The van der Waals surface area contributed by atoms with Gasteiger partial charge in [-0.05, 0) is 37.3 Å². The van der Waals surface area contributed by atoms with Gasteiger partial charge in [0.15, 0.2) is 0 Å². The predicted octanol–water partition coefficient (Wildman–Crippen LogP) is 3.75. The lowest BCUT2D eigenvalue weighted by atomic mass is 10.3. The quantitative estimate of drug-likeness (QED) is 0.707. The third kappa shape index (κ3) is 4.20. The van der Waals surface area contributed by atoms with E-state index in [0.29, 0.717) is 5.69 Å². The van der Waals surface area contributed by atoms with Crippen LogP contribution in [0.4, 0.5) is 5.69 Å². The first-order valence-corrected chi connectivity index (χ1v) is 9.24. The summed E-state index contributed by atoms with van der Waals surface area (Å²) in [6.45, 7) is 1.37. The number of hydrogen-bond donors (Lipinski definition) is 0. The Morgan fingerprint density at radius 2 is 1.75 bits per heavy atom. The zero-order valence-electron chi connectivity index (χ0n) is 12.8. The average Bonchev–Trinajstić information content (AvgIpc) is 2.56. The van der Waals surface area contributed by atoms with Crippen LogP contribution in [0.15, 0.2) is 53.4 Å². The van der Waals surface area contributed by atoms with Crippen molar-refractivity contribution in [3.05, 3.63) is 58.6 Å². The number of para-hydroxylation sites is 1. The lowest BCUT2D eigenvalue weighted by molar-refractivity contribution is -0.141. The zero-order valence-corrected chi connectivity index (χ0v) is 15.1. The molecule has 0 saturated carbocycles. The largest absolute Gasteiger partial charge is 0.465 e. The highest BCUT2D eigenvalue weighted by molar-refractivity contribution is 7.92. The van der Waals surface area contributed by atoms with Crippen molar-refractivity contribution in [2.75, 3.05) is 17.5 Å². The molecule has 0 heterocycles. The molecule has 0 bridgehead atoms. The van der Waals surface area contributed by atoms with Crippen LogP contribution in [-0.4, -0.2) is 27.5 Å². The van der Waals surface area contributed by atoms with Crippen molar-refractivity contribution in [1.82, 2.24) is 0 Å². The first-order valence-electron chi connectivity index (χ1n) is 7.04. The Balaban J connectivity index is 2.48. The maximum Gasteiger partial charge on any atom is 0.326 e. The van der Waals surface area contributed by atoms with Gasteiger partial charge in [0.2, 0.25) is 0 Å². The monoisotopic (exact) mass is 387 g/mol. The third-order valence-electron chi connectivity index (χ3n) is 3.10. The molecular formula is C16H15Cl2NO4S. The van der Waals surface area contributed by atoms with Gasteiger partial charge in [-0.25, -0.2) is 8.42 Å². The van der Waals surface area contributed by atoms with Gasteiger partial charge < -0.3 is 4.74 Å². The van der Waals surface area contributed by atoms with Gasteiger partial charge in [0.1, 0.15) is 6.54 Å². The number of carbonyl (C=O) groups excluding carboxylic acids is 1. The van der Waals surface area contributed by atoms with E-state index in [0.717, 1.165) is 4.31 Å². The van der Waals surface area contributed by atoms with Crippen LogP contribution in [-0.2, 0) is 19.6 Å². The molecule has 24 heavy (non-hydrogen) atoms. The molecule has 5 nitrogen and oxygen atoms in total.